The second-order valence-corrected chi connectivity index (χ2v) is 9.08. The summed E-state index contributed by atoms with van der Waals surface area (Å²) in [5, 5.41) is 13.8. The van der Waals surface area contributed by atoms with Gasteiger partial charge in [-0.2, -0.15) is 5.10 Å². The largest absolute Gasteiger partial charge is 0.506 e. The van der Waals surface area contributed by atoms with Crippen molar-refractivity contribution in [1.29, 1.82) is 0 Å². The summed E-state index contributed by atoms with van der Waals surface area (Å²) >= 11 is 9.93. The second-order valence-electron chi connectivity index (χ2n) is 6.52. The number of benzene rings is 3. The van der Waals surface area contributed by atoms with Gasteiger partial charge >= 0.3 is 0 Å². The van der Waals surface area contributed by atoms with E-state index in [0.29, 0.717) is 44.8 Å². The number of ether oxygens (including phenoxy) is 2. The van der Waals surface area contributed by atoms with Gasteiger partial charge in [-0.1, -0.05) is 30.3 Å². The molecule has 0 radical (unpaired) electrons. The minimum Gasteiger partial charge on any atom is -0.506 e. The van der Waals surface area contributed by atoms with Crippen molar-refractivity contribution in [3.63, 3.8) is 0 Å². The number of hydrogen-bond acceptors (Lipinski definition) is 5. The molecule has 0 heterocycles. The van der Waals surface area contributed by atoms with E-state index in [2.05, 4.69) is 58.3 Å². The number of phenols is 1. The topological polar surface area (TPSA) is 80.2 Å². The summed E-state index contributed by atoms with van der Waals surface area (Å²) in [5.74, 6) is 0.770. The molecule has 6 nitrogen and oxygen atoms in total. The van der Waals surface area contributed by atoms with Crippen molar-refractivity contribution in [1.82, 2.24) is 5.43 Å². The average Bonchev–Trinajstić information content (AvgIpc) is 2.78. The zero-order chi connectivity index (χ0) is 23.1. The highest BCUT2D eigenvalue weighted by molar-refractivity contribution is 9.11. The normalized spacial score (nSPS) is 10.9. The lowest BCUT2D eigenvalue weighted by molar-refractivity contribution is 0.0955. The molecule has 0 saturated heterocycles. The van der Waals surface area contributed by atoms with Crippen LogP contribution in [0.25, 0.3) is 0 Å². The summed E-state index contributed by atoms with van der Waals surface area (Å²) in [6.07, 6.45) is 1.51. The van der Waals surface area contributed by atoms with Gasteiger partial charge in [-0.25, -0.2) is 5.43 Å². The van der Waals surface area contributed by atoms with E-state index in [1.54, 1.807) is 6.07 Å². The minimum absolute atomic E-state index is 0.0204. The molecule has 0 aliphatic carbocycles. The van der Waals surface area contributed by atoms with E-state index >= 15 is 0 Å². The number of aromatic hydroxyl groups is 1. The number of hydrogen-bond donors (Lipinski definition) is 2. The van der Waals surface area contributed by atoms with Crippen LogP contribution in [-0.2, 0) is 6.61 Å². The molecule has 0 bridgehead atoms. The molecular weight excluding hydrogens is 608 g/mol. The number of nitrogens with zero attached hydrogens (tertiary/aromatic N) is 1. The van der Waals surface area contributed by atoms with E-state index in [0.717, 1.165) is 10.0 Å². The number of carbonyl (C=O) groups excluding carboxylic acids is 1. The number of halogens is 3. The summed E-state index contributed by atoms with van der Waals surface area (Å²) in [4.78, 5) is 12.4. The van der Waals surface area contributed by atoms with Crippen LogP contribution in [-0.4, -0.2) is 23.8 Å². The number of rotatable bonds is 8. The number of amides is 1. The fourth-order valence-electron chi connectivity index (χ4n) is 2.69. The quantitative estimate of drug-likeness (QED) is 0.223. The van der Waals surface area contributed by atoms with Gasteiger partial charge in [0.25, 0.3) is 5.91 Å². The molecule has 166 valence electrons. The Morgan fingerprint density at radius 1 is 1.00 bits per heavy atom. The van der Waals surface area contributed by atoms with E-state index < -0.39 is 5.91 Å². The van der Waals surface area contributed by atoms with Crippen LogP contribution in [0.15, 0.2) is 73.1 Å². The summed E-state index contributed by atoms with van der Waals surface area (Å²) in [7, 11) is 0. The Bertz CT molecular complexity index is 1110. The number of carbonyl (C=O) groups is 1. The van der Waals surface area contributed by atoms with Crippen molar-refractivity contribution < 1.29 is 19.4 Å². The monoisotopic (exact) mass is 624 g/mol. The maximum Gasteiger partial charge on any atom is 0.271 e. The molecule has 0 saturated carbocycles. The third-order valence-electron chi connectivity index (χ3n) is 4.25. The van der Waals surface area contributed by atoms with Crippen LogP contribution in [0.5, 0.6) is 17.2 Å². The minimum atomic E-state index is -0.424. The summed E-state index contributed by atoms with van der Waals surface area (Å²) < 4.78 is 13.2. The van der Waals surface area contributed by atoms with Gasteiger partial charge < -0.3 is 14.6 Å². The lowest BCUT2D eigenvalue weighted by Gasteiger charge is -2.14. The molecule has 0 atom stereocenters. The number of hydrazone groups is 1. The van der Waals surface area contributed by atoms with Crippen molar-refractivity contribution in [2.75, 3.05) is 6.61 Å². The van der Waals surface area contributed by atoms with Crippen molar-refractivity contribution in [2.45, 2.75) is 13.5 Å². The van der Waals surface area contributed by atoms with Crippen LogP contribution in [0, 0.1) is 0 Å². The Morgan fingerprint density at radius 3 is 2.31 bits per heavy atom. The first-order valence-corrected chi connectivity index (χ1v) is 11.9. The number of phenolic OH excluding ortho intramolecular Hbond substituents is 1. The third kappa shape index (κ3) is 6.34. The molecule has 0 aliphatic rings. The number of nitrogens with one attached hydrogen (secondary N) is 1. The van der Waals surface area contributed by atoms with E-state index in [1.165, 1.54) is 18.3 Å². The first kappa shape index (κ1) is 24.3. The summed E-state index contributed by atoms with van der Waals surface area (Å²) in [6.45, 7) is 2.78. The third-order valence-corrected chi connectivity index (χ3v) is 6.14. The molecule has 0 aromatic heterocycles. The smallest absolute Gasteiger partial charge is 0.271 e. The van der Waals surface area contributed by atoms with Crippen LogP contribution < -0.4 is 14.9 Å². The fraction of sp³-hybridized carbons (Fsp3) is 0.130. The summed E-state index contributed by atoms with van der Waals surface area (Å²) in [5.41, 5.74) is 4.56. The SMILES string of the molecule is CCOc1cc(/C=N\NC(=O)c2cc(Br)c(O)c(Br)c2)c(Br)cc1OCc1ccccc1. The van der Waals surface area contributed by atoms with Gasteiger partial charge in [0.05, 0.1) is 21.8 Å². The molecule has 32 heavy (non-hydrogen) atoms. The molecule has 3 aromatic carbocycles. The highest BCUT2D eigenvalue weighted by Crippen LogP contribution is 2.34. The molecule has 0 unspecified atom stereocenters. The first-order valence-electron chi connectivity index (χ1n) is 9.53. The van der Waals surface area contributed by atoms with Crippen LogP contribution >= 0.6 is 47.8 Å². The highest BCUT2D eigenvalue weighted by atomic mass is 79.9. The van der Waals surface area contributed by atoms with E-state index in [4.69, 9.17) is 9.47 Å². The lowest BCUT2D eigenvalue weighted by Crippen LogP contribution is -2.17. The maximum absolute atomic E-state index is 12.4. The Labute approximate surface area is 211 Å². The lowest BCUT2D eigenvalue weighted by atomic mass is 10.2. The van der Waals surface area contributed by atoms with Crippen molar-refractivity contribution in [3.05, 3.63) is 84.7 Å². The average molecular weight is 627 g/mol. The van der Waals surface area contributed by atoms with E-state index in [9.17, 15) is 9.90 Å². The molecule has 0 spiro atoms. The highest BCUT2D eigenvalue weighted by Gasteiger charge is 2.13. The Kier molecular flexibility index (Phi) is 8.72. The van der Waals surface area contributed by atoms with Crippen LogP contribution in [0.1, 0.15) is 28.4 Å². The molecule has 1 amide bonds. The van der Waals surface area contributed by atoms with Crippen LogP contribution in [0.4, 0.5) is 0 Å². The molecule has 3 rings (SSSR count). The predicted octanol–water partition coefficient (Wildman–Crippen LogP) is 6.42. The Morgan fingerprint density at radius 2 is 1.66 bits per heavy atom. The van der Waals surface area contributed by atoms with Gasteiger partial charge in [0.2, 0.25) is 0 Å². The summed E-state index contributed by atoms with van der Waals surface area (Å²) in [6, 6.07) is 16.5. The van der Waals surface area contributed by atoms with Crippen LogP contribution in [0.3, 0.4) is 0 Å². The van der Waals surface area contributed by atoms with Gasteiger partial charge in [0.1, 0.15) is 12.4 Å². The fourth-order valence-corrected chi connectivity index (χ4v) is 4.30. The van der Waals surface area contributed by atoms with Crippen molar-refractivity contribution in [3.8, 4) is 17.2 Å². The van der Waals surface area contributed by atoms with Gasteiger partial charge in [-0.05, 0) is 84.5 Å². The molecule has 0 fully saturated rings. The van der Waals surface area contributed by atoms with Gasteiger partial charge in [0, 0.05) is 15.6 Å². The van der Waals surface area contributed by atoms with Gasteiger partial charge in [0.15, 0.2) is 11.5 Å². The Balaban J connectivity index is 1.73. The molecule has 9 heteroatoms. The zero-order valence-electron chi connectivity index (χ0n) is 16.9. The molecule has 3 aromatic rings. The standard InChI is InChI=1S/C23H19Br3N2O4/c1-2-31-20-10-16(17(24)11-21(20)32-13-14-6-4-3-5-7-14)12-27-28-23(30)15-8-18(25)22(29)19(26)9-15/h3-12,29H,2,13H2,1H3,(H,28,30)/b27-12-. The maximum atomic E-state index is 12.4. The van der Waals surface area contributed by atoms with Crippen molar-refractivity contribution in [2.24, 2.45) is 5.10 Å². The second kappa shape index (κ2) is 11.5. The molecule has 0 aliphatic heterocycles. The Hall–Kier alpha value is -2.36. The van der Waals surface area contributed by atoms with E-state index in [-0.39, 0.29) is 5.75 Å². The molecule has 2 N–H and O–H groups in total. The van der Waals surface area contributed by atoms with E-state index in [1.807, 2.05) is 43.3 Å². The molecular formula is C23H19Br3N2O4. The van der Waals surface area contributed by atoms with Crippen molar-refractivity contribution >= 4 is 59.9 Å². The predicted molar refractivity (Wildman–Crippen MR) is 135 cm³/mol. The zero-order valence-corrected chi connectivity index (χ0v) is 21.7. The van der Waals surface area contributed by atoms with Gasteiger partial charge in [-0.3, -0.25) is 4.79 Å². The first-order chi connectivity index (χ1) is 15.4. The van der Waals surface area contributed by atoms with Crippen LogP contribution in [0.2, 0.25) is 0 Å². The van der Waals surface area contributed by atoms with Gasteiger partial charge in [-0.15, -0.1) is 0 Å².